The molecule has 0 aliphatic carbocycles. The molecule has 200 valence electrons. The number of Topliss-reactive ketones (excluding diaryl/α,β-unsaturated/α-hetero) is 1. The van der Waals surface area contributed by atoms with E-state index in [0.717, 1.165) is 32.5 Å². The lowest BCUT2D eigenvalue weighted by Crippen LogP contribution is -2.54. The quantitative estimate of drug-likeness (QED) is 0.310. The summed E-state index contributed by atoms with van der Waals surface area (Å²) in [7, 11) is 0. The Kier molecular flexibility index (Phi) is 8.84. The fraction of sp³-hybridized carbons (Fsp3) is 0.667. The number of amides is 2. The fourth-order valence-corrected chi connectivity index (χ4v) is 5.82. The monoisotopic (exact) mass is 510 g/mol. The van der Waals surface area contributed by atoms with Crippen LogP contribution in [-0.2, 0) is 14.3 Å². The maximum atomic E-state index is 13.6. The third-order valence-electron chi connectivity index (χ3n) is 8.18. The molecule has 0 radical (unpaired) electrons. The van der Waals surface area contributed by atoms with Gasteiger partial charge in [-0.3, -0.25) is 14.4 Å². The predicted octanol–water partition coefficient (Wildman–Crippen LogP) is 3.28. The minimum atomic E-state index is -0.807. The lowest BCUT2D eigenvalue weighted by molar-refractivity contribution is -0.139. The number of ketones is 1. The lowest BCUT2D eigenvalue weighted by atomic mass is 9.89. The summed E-state index contributed by atoms with van der Waals surface area (Å²) < 4.78 is 5.53. The second-order valence-electron chi connectivity index (χ2n) is 10.5. The molecule has 3 aliphatic rings. The first-order valence-corrected chi connectivity index (χ1v) is 13.5. The summed E-state index contributed by atoms with van der Waals surface area (Å²) in [6, 6.07) is 5.50. The number of likely N-dealkylation sites (tertiary alicyclic amines) is 2. The number of hydrogen-bond donors (Lipinski definition) is 1. The molecule has 1 N–H and O–H groups in total. The van der Waals surface area contributed by atoms with Crippen molar-refractivity contribution in [1.82, 2.24) is 15.1 Å². The van der Waals surface area contributed by atoms with E-state index in [-0.39, 0.29) is 36.7 Å². The first kappa shape index (κ1) is 27.1. The smallest absolute Gasteiger partial charge is 0.251 e. The molecule has 3 aliphatic heterocycles. The molecule has 0 unspecified atom stereocenters. The molecule has 0 saturated carbocycles. The van der Waals surface area contributed by atoms with Gasteiger partial charge in [0.2, 0.25) is 5.91 Å². The van der Waals surface area contributed by atoms with E-state index >= 15 is 0 Å². The first-order valence-electron chi connectivity index (χ1n) is 13.5. The average molecular weight is 511 g/mol. The van der Waals surface area contributed by atoms with Crippen molar-refractivity contribution in [3.63, 3.8) is 0 Å². The molecular formula is C27H38N6O4. The van der Waals surface area contributed by atoms with E-state index in [4.69, 9.17) is 10.3 Å². The molecule has 10 nitrogen and oxygen atoms in total. The van der Waals surface area contributed by atoms with E-state index in [1.165, 1.54) is 16.9 Å². The first-order chi connectivity index (χ1) is 17.9. The van der Waals surface area contributed by atoms with Crippen LogP contribution in [-0.4, -0.2) is 84.4 Å². The molecule has 3 heterocycles. The number of rotatable bonds is 9. The highest BCUT2D eigenvalue weighted by Gasteiger charge is 2.53. The molecule has 3 saturated heterocycles. The molecule has 0 aromatic heterocycles. The highest BCUT2D eigenvalue weighted by Crippen LogP contribution is 2.31. The third-order valence-corrected chi connectivity index (χ3v) is 8.18. The summed E-state index contributed by atoms with van der Waals surface area (Å²) in [6.45, 7) is 9.41. The fourth-order valence-electron chi connectivity index (χ4n) is 5.82. The highest BCUT2D eigenvalue weighted by molar-refractivity contribution is 5.99. The van der Waals surface area contributed by atoms with Crippen LogP contribution in [0, 0.1) is 5.92 Å². The van der Waals surface area contributed by atoms with E-state index in [0.29, 0.717) is 17.9 Å². The van der Waals surface area contributed by atoms with E-state index in [1.54, 1.807) is 0 Å². The summed E-state index contributed by atoms with van der Waals surface area (Å²) in [5.41, 5.74) is 10.7. The van der Waals surface area contributed by atoms with E-state index in [2.05, 4.69) is 27.2 Å². The number of benzene rings is 1. The van der Waals surface area contributed by atoms with Gasteiger partial charge in [0.15, 0.2) is 5.78 Å². The van der Waals surface area contributed by atoms with Gasteiger partial charge in [-0.15, -0.1) is 0 Å². The predicted molar refractivity (Wildman–Crippen MR) is 139 cm³/mol. The zero-order chi connectivity index (χ0) is 26.5. The molecule has 0 bridgehead atoms. The Labute approximate surface area is 218 Å². The van der Waals surface area contributed by atoms with Gasteiger partial charge in [0, 0.05) is 17.0 Å². The zero-order valence-corrected chi connectivity index (χ0v) is 22.0. The van der Waals surface area contributed by atoms with Crippen LogP contribution in [0.4, 0.5) is 0 Å². The molecule has 3 fully saturated rings. The Morgan fingerprint density at radius 3 is 2.54 bits per heavy atom. The van der Waals surface area contributed by atoms with Crippen molar-refractivity contribution in [3.05, 3.63) is 45.8 Å². The van der Waals surface area contributed by atoms with Crippen molar-refractivity contribution in [3.8, 4) is 0 Å². The Balaban J connectivity index is 1.44. The maximum absolute atomic E-state index is 13.6. The second-order valence-corrected chi connectivity index (χ2v) is 10.5. The summed E-state index contributed by atoms with van der Waals surface area (Å²) in [6.07, 6.45) is 3.44. The molecule has 2 amide bonds. The Hall–Kier alpha value is -2.94. The van der Waals surface area contributed by atoms with Gasteiger partial charge in [-0.1, -0.05) is 44.4 Å². The summed E-state index contributed by atoms with van der Waals surface area (Å²) in [5, 5.41) is 6.67. The van der Waals surface area contributed by atoms with Crippen LogP contribution in [0.5, 0.6) is 0 Å². The van der Waals surface area contributed by atoms with Gasteiger partial charge in [-0.05, 0) is 74.0 Å². The van der Waals surface area contributed by atoms with E-state index in [9.17, 15) is 14.4 Å². The molecule has 5 atom stereocenters. The maximum Gasteiger partial charge on any atom is 0.251 e. The third kappa shape index (κ3) is 5.81. The molecular weight excluding hydrogens is 472 g/mol. The Morgan fingerprint density at radius 2 is 1.92 bits per heavy atom. The Morgan fingerprint density at radius 1 is 1.22 bits per heavy atom. The van der Waals surface area contributed by atoms with E-state index < -0.39 is 24.2 Å². The lowest BCUT2D eigenvalue weighted by Gasteiger charge is -2.32. The van der Waals surface area contributed by atoms with Gasteiger partial charge < -0.3 is 19.9 Å². The molecule has 1 aromatic carbocycles. The van der Waals surface area contributed by atoms with Crippen molar-refractivity contribution in [2.24, 2.45) is 11.0 Å². The largest absolute Gasteiger partial charge is 0.367 e. The van der Waals surface area contributed by atoms with Crippen molar-refractivity contribution in [2.75, 3.05) is 32.8 Å². The van der Waals surface area contributed by atoms with Gasteiger partial charge in [0.25, 0.3) is 5.91 Å². The number of ether oxygens (including phenoxy) is 1. The number of nitrogens with zero attached hydrogens (tertiary/aromatic N) is 5. The van der Waals surface area contributed by atoms with Crippen LogP contribution >= 0.6 is 0 Å². The second kappa shape index (κ2) is 12.1. The van der Waals surface area contributed by atoms with Gasteiger partial charge in [0.05, 0.1) is 12.1 Å². The van der Waals surface area contributed by atoms with Gasteiger partial charge in [-0.25, -0.2) is 0 Å². The number of fused-ring (bicyclic) bond motifs is 1. The van der Waals surface area contributed by atoms with E-state index in [1.807, 2.05) is 38.1 Å². The number of carbonyl (C=O) groups excluding carboxylic acids is 3. The van der Waals surface area contributed by atoms with Gasteiger partial charge >= 0.3 is 0 Å². The van der Waals surface area contributed by atoms with Crippen LogP contribution in [0.2, 0.25) is 0 Å². The highest BCUT2D eigenvalue weighted by atomic mass is 16.5. The number of hydrogen-bond acceptors (Lipinski definition) is 6. The van der Waals surface area contributed by atoms with Crippen LogP contribution < -0.4 is 5.32 Å². The molecule has 1 aromatic rings. The molecule has 0 spiro atoms. The minimum Gasteiger partial charge on any atom is -0.367 e. The van der Waals surface area contributed by atoms with Crippen LogP contribution in [0.1, 0.15) is 68.3 Å². The average Bonchev–Trinajstić information content (AvgIpc) is 3.48. The van der Waals surface area contributed by atoms with Crippen molar-refractivity contribution in [1.29, 1.82) is 0 Å². The number of azide groups is 1. The van der Waals surface area contributed by atoms with Crippen molar-refractivity contribution >= 4 is 17.6 Å². The summed E-state index contributed by atoms with van der Waals surface area (Å²) in [4.78, 5) is 46.2. The molecule has 10 heteroatoms. The summed E-state index contributed by atoms with van der Waals surface area (Å²) in [5.74, 6) is -0.530. The van der Waals surface area contributed by atoms with Gasteiger partial charge in [-0.2, -0.15) is 0 Å². The van der Waals surface area contributed by atoms with Crippen LogP contribution in [0.3, 0.4) is 0 Å². The topological polar surface area (TPSA) is 128 Å². The number of piperidine rings is 1. The minimum absolute atomic E-state index is 0.0958. The van der Waals surface area contributed by atoms with Crippen LogP contribution in [0.15, 0.2) is 29.4 Å². The normalized spacial score (nSPS) is 25.9. The molecule has 4 rings (SSSR count). The standard InChI is InChI=1S/C27H38N6O4/c1-4-12-32-13-10-19(11-14-32)18-6-8-20(9-7-18)26(35)29-23(17(3)5-2)27(36)33-15-21(30-31-28)25-24(33)22(34)16-37-25/h6-9,17,19,21,23-25H,4-5,10-16H2,1-3H3,(H,29,35)/t17-,21+,23-,24+,25+/m0/s1. The Bertz CT molecular complexity index is 1030. The molecule has 37 heavy (non-hydrogen) atoms. The van der Waals surface area contributed by atoms with Crippen molar-refractivity contribution < 1.29 is 19.1 Å². The number of nitrogens with one attached hydrogen (secondary N) is 1. The van der Waals surface area contributed by atoms with Crippen molar-refractivity contribution in [2.45, 2.75) is 76.6 Å². The SMILES string of the molecule is CCCN1CCC(c2ccc(C(=O)N[C@H](C(=O)N3C[C@@H](N=[N+]=[N-])[C@H]4OCC(=O)[C@H]43)[C@@H](C)CC)cc2)CC1. The van der Waals surface area contributed by atoms with Gasteiger partial charge in [0.1, 0.15) is 18.7 Å². The number of carbonyl (C=O) groups is 3. The summed E-state index contributed by atoms with van der Waals surface area (Å²) >= 11 is 0. The van der Waals surface area contributed by atoms with Crippen LogP contribution in [0.25, 0.3) is 10.4 Å². The zero-order valence-electron chi connectivity index (χ0n) is 22.0.